The molecular weight excluding hydrogens is 400 g/mol. The molecule has 0 saturated carbocycles. The molecule has 1 saturated heterocycles. The fourth-order valence-electron chi connectivity index (χ4n) is 1.72. The summed E-state index contributed by atoms with van der Waals surface area (Å²) >= 11 is 3.31. The summed E-state index contributed by atoms with van der Waals surface area (Å²) < 4.78 is 82.7. The molecule has 0 spiro atoms. The van der Waals surface area contributed by atoms with Gasteiger partial charge in [-0.2, -0.15) is 0 Å². The summed E-state index contributed by atoms with van der Waals surface area (Å²) in [5.41, 5.74) is 0.589. The molecule has 2 rings (SSSR count). The van der Waals surface area contributed by atoms with Gasteiger partial charge >= 0.3 is 0 Å². The number of hydrogen-bond acceptors (Lipinski definition) is 4. The van der Waals surface area contributed by atoms with Gasteiger partial charge in [-0.15, -0.1) is 0 Å². The van der Waals surface area contributed by atoms with E-state index in [2.05, 4.69) is 15.9 Å². The molecule has 3 atom stereocenters. The maximum atomic E-state index is 9.00. The Labute approximate surface area is 171 Å². The molecule has 1 aromatic rings. The lowest BCUT2D eigenvalue weighted by molar-refractivity contribution is -0.133. The van der Waals surface area contributed by atoms with Crippen LogP contribution in [0.4, 0.5) is 0 Å². The van der Waals surface area contributed by atoms with E-state index in [1.807, 2.05) is 20.8 Å². The SMILES string of the molecule is [2H]C1(OC)O[C@]([2H])(C([2H])([2H])OCc2ccc(Br)cc2)[C@@]([2H])(O[Si](C)(C)C(C)(C)C)C1([2H])[2H]. The number of halogens is 1. The normalized spacial score (nSPS) is 40.2. The van der Waals surface area contributed by atoms with Crippen molar-refractivity contribution in [1.82, 2.24) is 0 Å². The Bertz CT molecular complexity index is 836. The number of benzene rings is 1. The largest absolute Gasteiger partial charge is 0.411 e. The second-order valence-corrected chi connectivity index (χ2v) is 12.9. The highest BCUT2D eigenvalue weighted by atomic mass is 79.9. The molecule has 1 aromatic carbocycles. The maximum absolute atomic E-state index is 9.00. The molecule has 0 radical (unpaired) electrons. The molecular formula is C19H31BrO4Si. The van der Waals surface area contributed by atoms with Gasteiger partial charge in [-0.05, 0) is 35.8 Å². The lowest BCUT2D eigenvalue weighted by Gasteiger charge is -2.39. The molecule has 0 aliphatic carbocycles. The molecule has 142 valence electrons. The zero-order valence-corrected chi connectivity index (χ0v) is 18.1. The van der Waals surface area contributed by atoms with Crippen LogP contribution in [0.3, 0.4) is 0 Å². The van der Waals surface area contributed by atoms with Gasteiger partial charge in [0.2, 0.25) is 0 Å². The third kappa shape index (κ3) is 5.87. The first-order chi connectivity index (χ1) is 14.2. The molecule has 0 bridgehead atoms. The monoisotopic (exact) mass is 437 g/mol. The van der Waals surface area contributed by atoms with Gasteiger partial charge in [0.25, 0.3) is 0 Å². The van der Waals surface area contributed by atoms with Gasteiger partial charge in [0.1, 0.15) is 6.08 Å². The van der Waals surface area contributed by atoms with Crippen molar-refractivity contribution in [3.63, 3.8) is 0 Å². The average Bonchev–Trinajstić information content (AvgIpc) is 2.76. The molecule has 1 aliphatic heterocycles. The third-order valence-electron chi connectivity index (χ3n) is 4.28. The van der Waals surface area contributed by atoms with Crippen molar-refractivity contribution in [2.45, 2.75) is 70.3 Å². The predicted molar refractivity (Wildman–Crippen MR) is 106 cm³/mol. The molecule has 1 heterocycles. The van der Waals surface area contributed by atoms with Gasteiger partial charge in [-0.1, -0.05) is 48.8 Å². The van der Waals surface area contributed by atoms with Crippen LogP contribution in [0, 0.1) is 0 Å². The van der Waals surface area contributed by atoms with Crippen molar-refractivity contribution < 1.29 is 28.2 Å². The fraction of sp³-hybridized carbons (Fsp3) is 0.684. The zero-order chi connectivity index (χ0) is 25.0. The minimum Gasteiger partial charge on any atom is -0.411 e. The maximum Gasteiger partial charge on any atom is 0.192 e. The Hall–Kier alpha value is -0.243. The van der Waals surface area contributed by atoms with E-state index in [1.54, 1.807) is 37.4 Å². The van der Waals surface area contributed by atoms with Crippen molar-refractivity contribution in [1.29, 1.82) is 0 Å². The van der Waals surface area contributed by atoms with Crippen LogP contribution in [0.15, 0.2) is 28.7 Å². The summed E-state index contributed by atoms with van der Waals surface area (Å²) in [7, 11) is -1.96. The first-order valence-corrected chi connectivity index (χ1v) is 11.7. The summed E-state index contributed by atoms with van der Waals surface area (Å²) in [6, 6.07) is 6.86. The molecule has 0 amide bonds. The van der Waals surface area contributed by atoms with Gasteiger partial charge in [0.15, 0.2) is 14.6 Å². The van der Waals surface area contributed by atoms with E-state index >= 15 is 0 Å². The summed E-state index contributed by atoms with van der Waals surface area (Å²) in [5.74, 6) is 0. The Balaban J connectivity index is 2.55. The van der Waals surface area contributed by atoms with Crippen LogP contribution < -0.4 is 0 Å². The van der Waals surface area contributed by atoms with E-state index < -0.39 is 44.7 Å². The fourth-order valence-corrected chi connectivity index (χ4v) is 2.94. The van der Waals surface area contributed by atoms with Crippen LogP contribution in [0.2, 0.25) is 18.1 Å². The minimum atomic E-state index is -3.09. The molecule has 4 nitrogen and oxygen atoms in total. The number of ether oxygens (including phenoxy) is 3. The zero-order valence-electron chi connectivity index (χ0n) is 22.5. The van der Waals surface area contributed by atoms with Crippen LogP contribution >= 0.6 is 15.9 Å². The highest BCUT2D eigenvalue weighted by molar-refractivity contribution is 9.10. The van der Waals surface area contributed by atoms with Gasteiger partial charge in [0.05, 0.1) is 26.1 Å². The highest BCUT2D eigenvalue weighted by Crippen LogP contribution is 2.39. The van der Waals surface area contributed by atoms with Crippen LogP contribution in [-0.2, 0) is 25.2 Å². The van der Waals surface area contributed by atoms with Crippen LogP contribution in [-0.4, -0.2) is 40.4 Å². The molecule has 0 aromatic heterocycles. The summed E-state index contributed by atoms with van der Waals surface area (Å²) in [6.07, 6.45) is -12.0. The topological polar surface area (TPSA) is 36.9 Å². The molecule has 0 N–H and O–H groups in total. The van der Waals surface area contributed by atoms with Crippen molar-refractivity contribution >= 4 is 24.2 Å². The molecule has 6 heteroatoms. The molecule has 1 aliphatic rings. The Morgan fingerprint density at radius 3 is 2.56 bits per heavy atom. The predicted octanol–water partition coefficient (Wildman–Crippen LogP) is 5.12. The van der Waals surface area contributed by atoms with Gasteiger partial charge in [-0.3, -0.25) is 0 Å². The Kier molecular flexibility index (Phi) is 4.50. The standard InChI is InChI=1S/C19H31BrO4Si/c1-19(2,3)25(5,6)24-16-11-18(21-4)23-17(16)13-22-12-14-7-9-15(20)10-8-14/h7-10,16-18H,11-13H2,1-6H3/t16-,17+,18?/m0/s1/i11D2,13D2,16D,17D,18D. The first-order valence-electron chi connectivity index (χ1n) is 11.5. The lowest BCUT2D eigenvalue weighted by Crippen LogP contribution is -2.46. The van der Waals surface area contributed by atoms with Gasteiger partial charge in [-0.25, -0.2) is 0 Å². The average molecular weight is 438 g/mol. The van der Waals surface area contributed by atoms with E-state index in [0.29, 0.717) is 5.56 Å². The van der Waals surface area contributed by atoms with Crippen molar-refractivity contribution in [2.75, 3.05) is 13.7 Å². The third-order valence-corrected chi connectivity index (χ3v) is 9.14. The van der Waals surface area contributed by atoms with Gasteiger partial charge < -0.3 is 18.6 Å². The summed E-state index contributed by atoms with van der Waals surface area (Å²) in [5, 5.41) is -0.497. The van der Waals surface area contributed by atoms with Crippen molar-refractivity contribution in [3.8, 4) is 0 Å². The Morgan fingerprint density at radius 2 is 2.00 bits per heavy atom. The van der Waals surface area contributed by atoms with E-state index in [0.717, 1.165) is 11.6 Å². The van der Waals surface area contributed by atoms with Gasteiger partial charge in [0, 0.05) is 20.7 Å². The molecule has 25 heavy (non-hydrogen) atoms. The van der Waals surface area contributed by atoms with E-state index in [9.17, 15) is 0 Å². The first kappa shape index (κ1) is 13.0. The van der Waals surface area contributed by atoms with E-state index in [4.69, 9.17) is 28.2 Å². The number of rotatable bonds is 7. The molecule has 1 fully saturated rings. The second-order valence-electron chi connectivity index (χ2n) is 7.26. The quantitative estimate of drug-likeness (QED) is 0.554. The number of methoxy groups -OCH3 is 1. The Morgan fingerprint density at radius 1 is 1.36 bits per heavy atom. The van der Waals surface area contributed by atoms with Crippen LogP contribution in [0.1, 0.15) is 42.3 Å². The van der Waals surface area contributed by atoms with E-state index in [-0.39, 0.29) is 6.61 Å². The minimum absolute atomic E-state index is 0.276. The van der Waals surface area contributed by atoms with Crippen molar-refractivity contribution in [2.24, 2.45) is 0 Å². The van der Waals surface area contributed by atoms with Crippen LogP contribution in [0.25, 0.3) is 0 Å². The smallest absolute Gasteiger partial charge is 0.192 e. The van der Waals surface area contributed by atoms with Crippen LogP contribution in [0.5, 0.6) is 0 Å². The summed E-state index contributed by atoms with van der Waals surface area (Å²) in [6.45, 7) is 5.76. The number of hydrogen-bond donors (Lipinski definition) is 0. The summed E-state index contributed by atoms with van der Waals surface area (Å²) in [4.78, 5) is 0. The van der Waals surface area contributed by atoms with Crippen molar-refractivity contribution in [3.05, 3.63) is 34.3 Å². The lowest BCUT2D eigenvalue weighted by atomic mass is 10.2. The van der Waals surface area contributed by atoms with E-state index in [1.165, 1.54) is 0 Å². The molecule has 1 unspecified atom stereocenters. The highest BCUT2D eigenvalue weighted by Gasteiger charge is 2.44. The second kappa shape index (κ2) is 8.63.